The van der Waals surface area contributed by atoms with Crippen molar-refractivity contribution in [2.45, 2.75) is 18.9 Å². The van der Waals surface area contributed by atoms with Crippen molar-refractivity contribution in [2.24, 2.45) is 5.84 Å². The number of hydrogen-bond acceptors (Lipinski definition) is 7. The van der Waals surface area contributed by atoms with Crippen LogP contribution in [0.3, 0.4) is 0 Å². The average Bonchev–Trinajstić information content (AvgIpc) is 2.45. The number of anilines is 2. The van der Waals surface area contributed by atoms with E-state index >= 15 is 0 Å². The van der Waals surface area contributed by atoms with Gasteiger partial charge in [-0.3, -0.25) is 0 Å². The first kappa shape index (κ1) is 13.8. The number of rotatable bonds is 4. The highest BCUT2D eigenvalue weighted by Crippen LogP contribution is 2.32. The van der Waals surface area contributed by atoms with Crippen LogP contribution in [0, 0.1) is 0 Å². The summed E-state index contributed by atoms with van der Waals surface area (Å²) in [7, 11) is 5.78. The Morgan fingerprint density at radius 1 is 1.53 bits per heavy atom. The Bertz CT molecular complexity index is 427. The SMILES string of the molecule is COc1c(NN)ncnc1N(C)C1CCCN(C)C1. The van der Waals surface area contributed by atoms with Crippen LogP contribution in [-0.2, 0) is 0 Å². The van der Waals surface area contributed by atoms with Crippen LogP contribution in [0.15, 0.2) is 6.33 Å². The Hall–Kier alpha value is -1.60. The minimum absolute atomic E-state index is 0.424. The van der Waals surface area contributed by atoms with Crippen molar-refractivity contribution < 1.29 is 4.74 Å². The van der Waals surface area contributed by atoms with Gasteiger partial charge in [0.2, 0.25) is 5.75 Å². The van der Waals surface area contributed by atoms with Crippen LogP contribution in [0.1, 0.15) is 12.8 Å². The lowest BCUT2D eigenvalue weighted by Gasteiger charge is -2.36. The van der Waals surface area contributed by atoms with Gasteiger partial charge in [0, 0.05) is 19.6 Å². The number of nitrogens with one attached hydrogen (secondary N) is 1. The van der Waals surface area contributed by atoms with E-state index in [1.165, 1.54) is 12.7 Å². The molecule has 0 aliphatic carbocycles. The number of nitrogens with two attached hydrogens (primary N) is 1. The van der Waals surface area contributed by atoms with E-state index in [9.17, 15) is 0 Å². The Kier molecular flexibility index (Phi) is 4.39. The molecule has 7 heteroatoms. The summed E-state index contributed by atoms with van der Waals surface area (Å²) in [5.41, 5.74) is 2.54. The second kappa shape index (κ2) is 6.03. The maximum absolute atomic E-state index is 5.45. The Morgan fingerprint density at radius 2 is 2.32 bits per heavy atom. The molecule has 0 radical (unpaired) electrons. The van der Waals surface area contributed by atoms with E-state index in [0.29, 0.717) is 17.6 Å². The van der Waals surface area contributed by atoms with E-state index in [1.54, 1.807) is 7.11 Å². The number of methoxy groups -OCH3 is 1. The lowest BCUT2D eigenvalue weighted by molar-refractivity contribution is 0.246. The minimum atomic E-state index is 0.424. The summed E-state index contributed by atoms with van der Waals surface area (Å²) in [4.78, 5) is 12.9. The zero-order valence-corrected chi connectivity index (χ0v) is 11.8. The van der Waals surface area contributed by atoms with Gasteiger partial charge in [0.25, 0.3) is 0 Å². The standard InChI is InChI=1S/C12H22N6O/c1-17-6-4-5-9(7-17)18(2)12-10(19-3)11(16-13)14-8-15-12/h8-9H,4-7,13H2,1-3H3,(H,14,15,16). The van der Waals surface area contributed by atoms with Gasteiger partial charge in [-0.1, -0.05) is 0 Å². The first-order valence-corrected chi connectivity index (χ1v) is 6.44. The second-order valence-corrected chi connectivity index (χ2v) is 4.89. The fraction of sp³-hybridized carbons (Fsp3) is 0.667. The normalized spacial score (nSPS) is 20.1. The number of nitrogens with zero attached hydrogens (tertiary/aromatic N) is 4. The zero-order chi connectivity index (χ0) is 13.8. The van der Waals surface area contributed by atoms with Crippen molar-refractivity contribution in [1.29, 1.82) is 0 Å². The highest BCUT2D eigenvalue weighted by atomic mass is 16.5. The maximum Gasteiger partial charge on any atom is 0.205 e. The third kappa shape index (κ3) is 2.87. The van der Waals surface area contributed by atoms with Crippen molar-refractivity contribution >= 4 is 11.6 Å². The molecule has 0 saturated carbocycles. The molecule has 1 aromatic rings. The molecule has 3 N–H and O–H groups in total. The van der Waals surface area contributed by atoms with Crippen LogP contribution < -0.4 is 20.9 Å². The summed E-state index contributed by atoms with van der Waals surface area (Å²) in [6.07, 6.45) is 3.84. The van der Waals surface area contributed by atoms with Crippen LogP contribution in [0.25, 0.3) is 0 Å². The van der Waals surface area contributed by atoms with Gasteiger partial charge < -0.3 is 20.0 Å². The molecule has 1 fully saturated rings. The quantitative estimate of drug-likeness (QED) is 0.599. The lowest BCUT2D eigenvalue weighted by atomic mass is 10.1. The fourth-order valence-corrected chi connectivity index (χ4v) is 2.53. The summed E-state index contributed by atoms with van der Waals surface area (Å²) < 4.78 is 5.38. The third-order valence-corrected chi connectivity index (χ3v) is 3.61. The maximum atomic E-state index is 5.45. The largest absolute Gasteiger partial charge is 0.490 e. The second-order valence-electron chi connectivity index (χ2n) is 4.89. The molecule has 1 unspecified atom stereocenters. The fourth-order valence-electron chi connectivity index (χ4n) is 2.53. The predicted octanol–water partition coefficient (Wildman–Crippen LogP) is 0.301. The van der Waals surface area contributed by atoms with Crippen LogP contribution >= 0.6 is 0 Å². The molecular weight excluding hydrogens is 244 g/mol. The summed E-state index contributed by atoms with van der Waals surface area (Å²) in [6, 6.07) is 0.424. The highest BCUT2D eigenvalue weighted by Gasteiger charge is 2.25. The monoisotopic (exact) mass is 266 g/mol. The number of aromatic nitrogens is 2. The van der Waals surface area contributed by atoms with Crippen molar-refractivity contribution in [3.05, 3.63) is 6.33 Å². The molecule has 0 aromatic carbocycles. The molecule has 19 heavy (non-hydrogen) atoms. The minimum Gasteiger partial charge on any atom is -0.490 e. The van der Waals surface area contributed by atoms with Crippen LogP contribution in [-0.4, -0.2) is 55.2 Å². The van der Waals surface area contributed by atoms with Gasteiger partial charge in [0.05, 0.1) is 7.11 Å². The van der Waals surface area contributed by atoms with E-state index < -0.39 is 0 Å². The third-order valence-electron chi connectivity index (χ3n) is 3.61. The summed E-state index contributed by atoms with van der Waals surface area (Å²) in [5.74, 6) is 7.31. The van der Waals surface area contributed by atoms with E-state index in [2.05, 4.69) is 32.2 Å². The number of hydrogen-bond donors (Lipinski definition) is 2. The molecule has 0 spiro atoms. The number of piperidine rings is 1. The van der Waals surface area contributed by atoms with E-state index in [4.69, 9.17) is 10.6 Å². The Balaban J connectivity index is 2.25. The number of nitrogen functional groups attached to an aromatic ring is 1. The first-order chi connectivity index (χ1) is 9.17. The summed E-state index contributed by atoms with van der Waals surface area (Å²) >= 11 is 0. The van der Waals surface area contributed by atoms with Crippen molar-refractivity contribution in [3.8, 4) is 5.75 Å². The molecule has 1 aromatic heterocycles. The molecule has 0 amide bonds. The van der Waals surface area contributed by atoms with Crippen LogP contribution in [0.4, 0.5) is 11.6 Å². The van der Waals surface area contributed by atoms with Gasteiger partial charge in [0.15, 0.2) is 11.6 Å². The van der Waals surface area contributed by atoms with Gasteiger partial charge in [0.1, 0.15) is 6.33 Å². The number of hydrazine groups is 1. The van der Waals surface area contributed by atoms with Gasteiger partial charge in [-0.25, -0.2) is 15.8 Å². The summed E-state index contributed by atoms with van der Waals surface area (Å²) in [5, 5.41) is 0. The molecular formula is C12H22N6O. The Morgan fingerprint density at radius 3 is 2.95 bits per heavy atom. The van der Waals surface area contributed by atoms with Crippen LogP contribution in [0.5, 0.6) is 5.75 Å². The molecule has 2 rings (SSSR count). The first-order valence-electron chi connectivity index (χ1n) is 6.44. The van der Waals surface area contributed by atoms with E-state index in [0.717, 1.165) is 25.3 Å². The number of likely N-dealkylation sites (tertiary alicyclic amines) is 1. The number of ether oxygens (including phenoxy) is 1. The molecule has 1 saturated heterocycles. The van der Waals surface area contributed by atoms with E-state index in [1.807, 2.05) is 7.05 Å². The van der Waals surface area contributed by atoms with Gasteiger partial charge >= 0.3 is 0 Å². The van der Waals surface area contributed by atoms with Gasteiger partial charge in [-0.2, -0.15) is 0 Å². The van der Waals surface area contributed by atoms with Gasteiger partial charge in [-0.05, 0) is 26.4 Å². The number of likely N-dealkylation sites (N-methyl/N-ethyl adjacent to an activating group) is 2. The average molecular weight is 266 g/mol. The molecule has 106 valence electrons. The summed E-state index contributed by atoms with van der Waals surface area (Å²) in [6.45, 7) is 2.18. The molecule has 2 heterocycles. The predicted molar refractivity (Wildman–Crippen MR) is 75.3 cm³/mol. The van der Waals surface area contributed by atoms with Crippen molar-refractivity contribution in [1.82, 2.24) is 14.9 Å². The van der Waals surface area contributed by atoms with Crippen molar-refractivity contribution in [2.75, 3.05) is 44.6 Å². The molecule has 1 aliphatic rings. The molecule has 7 nitrogen and oxygen atoms in total. The van der Waals surface area contributed by atoms with E-state index in [-0.39, 0.29) is 0 Å². The molecule has 0 bridgehead atoms. The van der Waals surface area contributed by atoms with Gasteiger partial charge in [-0.15, -0.1) is 0 Å². The zero-order valence-electron chi connectivity index (χ0n) is 11.8. The Labute approximate surface area is 113 Å². The highest BCUT2D eigenvalue weighted by molar-refractivity contribution is 5.64. The lowest BCUT2D eigenvalue weighted by Crippen LogP contribution is -2.45. The topological polar surface area (TPSA) is 79.5 Å². The van der Waals surface area contributed by atoms with Crippen LogP contribution in [0.2, 0.25) is 0 Å². The van der Waals surface area contributed by atoms with Crippen molar-refractivity contribution in [3.63, 3.8) is 0 Å². The molecule has 1 aliphatic heterocycles. The molecule has 1 atom stereocenters. The smallest absolute Gasteiger partial charge is 0.205 e.